The van der Waals surface area contributed by atoms with Gasteiger partial charge in [0.05, 0.1) is 18.9 Å². The van der Waals surface area contributed by atoms with E-state index in [0.717, 1.165) is 51.8 Å². The van der Waals surface area contributed by atoms with Crippen molar-refractivity contribution in [3.63, 3.8) is 0 Å². The molecule has 2 heterocycles. The number of nitrogens with zero attached hydrogens (tertiary/aromatic N) is 2. The lowest BCUT2D eigenvalue weighted by Crippen LogP contribution is -2.21. The normalized spacial score (nSPS) is 17.1. The second-order valence-electron chi connectivity index (χ2n) is 6.37. The van der Waals surface area contributed by atoms with Crippen molar-refractivity contribution in [2.24, 2.45) is 0 Å². The lowest BCUT2D eigenvalue weighted by atomic mass is 10.2. The maximum Gasteiger partial charge on any atom is 0.163 e. The van der Waals surface area contributed by atoms with E-state index >= 15 is 0 Å². The Morgan fingerprint density at radius 2 is 1.96 bits per heavy atom. The van der Waals surface area contributed by atoms with Crippen LogP contribution >= 0.6 is 12.2 Å². The molecule has 5 heteroatoms. The van der Waals surface area contributed by atoms with Crippen LogP contribution in [-0.2, 0) is 0 Å². The SMILES string of the molecule is C=C1c2cnccc2C(=S)N1c1ccc(OC)c(OC2CCCC2)c1. The van der Waals surface area contributed by atoms with Gasteiger partial charge in [-0.3, -0.25) is 4.98 Å². The summed E-state index contributed by atoms with van der Waals surface area (Å²) in [5, 5.41) is 0. The monoisotopic (exact) mass is 352 g/mol. The highest BCUT2D eigenvalue weighted by Crippen LogP contribution is 2.40. The lowest BCUT2D eigenvalue weighted by molar-refractivity contribution is 0.201. The molecule has 0 N–H and O–H groups in total. The van der Waals surface area contributed by atoms with Crippen LogP contribution < -0.4 is 14.4 Å². The highest BCUT2D eigenvalue weighted by Gasteiger charge is 2.30. The van der Waals surface area contributed by atoms with Gasteiger partial charge in [0, 0.05) is 35.3 Å². The minimum atomic E-state index is 0.263. The first-order chi connectivity index (χ1) is 12.2. The predicted molar refractivity (Wildman–Crippen MR) is 103 cm³/mol. The number of hydrogen-bond acceptors (Lipinski definition) is 4. The summed E-state index contributed by atoms with van der Waals surface area (Å²) in [6.45, 7) is 4.21. The summed E-state index contributed by atoms with van der Waals surface area (Å²) < 4.78 is 11.7. The van der Waals surface area contributed by atoms with Crippen LogP contribution in [0.3, 0.4) is 0 Å². The number of anilines is 1. The third kappa shape index (κ3) is 2.78. The predicted octanol–water partition coefficient (Wildman–Crippen LogP) is 4.58. The van der Waals surface area contributed by atoms with E-state index in [1.54, 1.807) is 13.3 Å². The van der Waals surface area contributed by atoms with Gasteiger partial charge in [0.1, 0.15) is 4.99 Å². The van der Waals surface area contributed by atoms with E-state index in [4.69, 9.17) is 21.7 Å². The van der Waals surface area contributed by atoms with E-state index in [1.165, 1.54) is 12.8 Å². The Balaban J connectivity index is 1.69. The Morgan fingerprint density at radius 1 is 1.16 bits per heavy atom. The molecule has 2 aliphatic rings. The second kappa shape index (κ2) is 6.48. The van der Waals surface area contributed by atoms with Crippen molar-refractivity contribution >= 4 is 28.6 Å². The van der Waals surface area contributed by atoms with Gasteiger partial charge in [-0.05, 0) is 43.9 Å². The molecule has 1 aromatic carbocycles. The van der Waals surface area contributed by atoms with Crippen molar-refractivity contribution in [3.05, 3.63) is 54.4 Å². The van der Waals surface area contributed by atoms with E-state index in [1.807, 2.05) is 35.4 Å². The van der Waals surface area contributed by atoms with E-state index < -0.39 is 0 Å². The van der Waals surface area contributed by atoms with E-state index in [0.29, 0.717) is 0 Å². The van der Waals surface area contributed by atoms with Gasteiger partial charge in [-0.25, -0.2) is 0 Å². The fourth-order valence-electron chi connectivity index (χ4n) is 3.53. The molecule has 1 saturated carbocycles. The molecule has 2 aromatic rings. The van der Waals surface area contributed by atoms with Crippen molar-refractivity contribution < 1.29 is 9.47 Å². The third-order valence-electron chi connectivity index (χ3n) is 4.84. The zero-order valence-corrected chi connectivity index (χ0v) is 15.0. The van der Waals surface area contributed by atoms with Crippen LogP contribution in [0.25, 0.3) is 5.70 Å². The van der Waals surface area contributed by atoms with E-state index in [-0.39, 0.29) is 6.10 Å². The molecule has 0 saturated heterocycles. The Bertz CT molecular complexity index is 808. The Hall–Kier alpha value is -2.40. The van der Waals surface area contributed by atoms with Crippen LogP contribution in [0.15, 0.2) is 43.2 Å². The van der Waals surface area contributed by atoms with Crippen LogP contribution in [0.4, 0.5) is 5.69 Å². The van der Waals surface area contributed by atoms with Crippen molar-refractivity contribution in [3.8, 4) is 11.5 Å². The topological polar surface area (TPSA) is 34.6 Å². The Kier molecular flexibility index (Phi) is 4.17. The zero-order chi connectivity index (χ0) is 17.4. The molecule has 1 fully saturated rings. The maximum atomic E-state index is 6.21. The Labute approximate surface area is 153 Å². The number of fused-ring (bicyclic) bond motifs is 1. The molecule has 1 aromatic heterocycles. The standard InChI is InChI=1S/C20H20N2O2S/c1-13-17-12-21-10-9-16(17)20(25)22(13)14-7-8-18(23-2)19(11-14)24-15-5-3-4-6-15/h7-12,15H,1,3-6H2,2H3. The Morgan fingerprint density at radius 3 is 2.68 bits per heavy atom. The lowest BCUT2D eigenvalue weighted by Gasteiger charge is -2.22. The van der Waals surface area contributed by atoms with Gasteiger partial charge in [-0.2, -0.15) is 0 Å². The smallest absolute Gasteiger partial charge is 0.163 e. The number of hydrogen-bond donors (Lipinski definition) is 0. The van der Waals surface area contributed by atoms with Gasteiger partial charge in [0.2, 0.25) is 0 Å². The summed E-state index contributed by atoms with van der Waals surface area (Å²) in [5.74, 6) is 1.50. The minimum absolute atomic E-state index is 0.263. The number of ether oxygens (including phenoxy) is 2. The number of methoxy groups -OCH3 is 1. The molecule has 0 spiro atoms. The summed E-state index contributed by atoms with van der Waals surface area (Å²) in [7, 11) is 1.66. The van der Waals surface area contributed by atoms with Gasteiger partial charge in [-0.15, -0.1) is 0 Å². The summed E-state index contributed by atoms with van der Waals surface area (Å²) in [4.78, 5) is 6.90. The van der Waals surface area contributed by atoms with Crippen molar-refractivity contribution in [2.45, 2.75) is 31.8 Å². The van der Waals surface area contributed by atoms with E-state index in [2.05, 4.69) is 11.6 Å². The number of benzene rings is 1. The van der Waals surface area contributed by atoms with Gasteiger partial charge in [-0.1, -0.05) is 18.8 Å². The second-order valence-corrected chi connectivity index (χ2v) is 6.75. The molecule has 0 amide bonds. The van der Waals surface area contributed by atoms with Crippen molar-refractivity contribution in [1.82, 2.24) is 4.98 Å². The molecule has 1 aliphatic heterocycles. The third-order valence-corrected chi connectivity index (χ3v) is 5.24. The fourth-order valence-corrected chi connectivity index (χ4v) is 3.92. The molecule has 1 aliphatic carbocycles. The molecule has 4 nitrogen and oxygen atoms in total. The largest absolute Gasteiger partial charge is 0.493 e. The minimum Gasteiger partial charge on any atom is -0.493 e. The van der Waals surface area contributed by atoms with Gasteiger partial charge in [0.25, 0.3) is 0 Å². The first kappa shape index (κ1) is 16.1. The van der Waals surface area contributed by atoms with Crippen LogP contribution in [0, 0.1) is 0 Å². The van der Waals surface area contributed by atoms with Crippen molar-refractivity contribution in [2.75, 3.05) is 12.0 Å². The molecule has 4 rings (SSSR count). The highest BCUT2D eigenvalue weighted by atomic mass is 32.1. The average Bonchev–Trinajstić information content (AvgIpc) is 3.23. The number of rotatable bonds is 4. The average molecular weight is 352 g/mol. The van der Waals surface area contributed by atoms with Gasteiger partial charge < -0.3 is 14.4 Å². The first-order valence-electron chi connectivity index (χ1n) is 8.51. The van der Waals surface area contributed by atoms with Crippen LogP contribution in [0.1, 0.15) is 36.8 Å². The number of thiocarbonyl (C=S) groups is 1. The van der Waals surface area contributed by atoms with Crippen LogP contribution in [0.5, 0.6) is 11.5 Å². The first-order valence-corrected chi connectivity index (χ1v) is 8.92. The molecule has 25 heavy (non-hydrogen) atoms. The summed E-state index contributed by atoms with van der Waals surface area (Å²) in [6.07, 6.45) is 8.47. The van der Waals surface area contributed by atoms with Crippen molar-refractivity contribution in [1.29, 1.82) is 0 Å². The molecule has 0 unspecified atom stereocenters. The quantitative estimate of drug-likeness (QED) is 0.753. The molecule has 128 valence electrons. The molecule has 0 bridgehead atoms. The molecule has 0 atom stereocenters. The molecule has 0 radical (unpaired) electrons. The zero-order valence-electron chi connectivity index (χ0n) is 14.2. The van der Waals surface area contributed by atoms with Gasteiger partial charge >= 0.3 is 0 Å². The summed E-state index contributed by atoms with van der Waals surface area (Å²) in [5.41, 5.74) is 3.73. The maximum absolute atomic E-state index is 6.21. The summed E-state index contributed by atoms with van der Waals surface area (Å²) >= 11 is 5.67. The number of aromatic nitrogens is 1. The fraction of sp³-hybridized carbons (Fsp3) is 0.300. The highest BCUT2D eigenvalue weighted by molar-refractivity contribution is 7.81. The van der Waals surface area contributed by atoms with Crippen LogP contribution in [-0.4, -0.2) is 23.2 Å². The summed E-state index contributed by atoms with van der Waals surface area (Å²) in [6, 6.07) is 7.84. The van der Waals surface area contributed by atoms with E-state index in [9.17, 15) is 0 Å². The van der Waals surface area contributed by atoms with Crippen LogP contribution in [0.2, 0.25) is 0 Å². The van der Waals surface area contributed by atoms with Gasteiger partial charge in [0.15, 0.2) is 11.5 Å². The molecular formula is C20H20N2O2S. The number of pyridine rings is 1. The molecular weight excluding hydrogens is 332 g/mol.